The van der Waals surface area contributed by atoms with Crippen LogP contribution in [-0.4, -0.2) is 35.9 Å². The molecule has 0 aromatic heterocycles. The smallest absolute Gasteiger partial charge is 0.261 e. The molecule has 186 valence electrons. The average molecular weight is 479 g/mol. The summed E-state index contributed by atoms with van der Waals surface area (Å²) in [5.41, 5.74) is 3.05. The summed E-state index contributed by atoms with van der Waals surface area (Å²) in [5, 5.41) is 3.02. The SMILES string of the molecule is CCC(Oc1ccc2c(c1)C(c1ccc(F)cc1)N(C(=O)C1CCCC1)CC2)C(=O)NCC1CC1. The zero-order valence-corrected chi connectivity index (χ0v) is 20.5. The summed E-state index contributed by atoms with van der Waals surface area (Å²) in [6.07, 6.45) is 7.23. The van der Waals surface area contributed by atoms with Gasteiger partial charge in [-0.05, 0) is 85.4 Å². The molecule has 1 aliphatic heterocycles. The number of amides is 2. The van der Waals surface area contributed by atoms with Crippen molar-refractivity contribution in [3.05, 3.63) is 65.0 Å². The molecule has 2 aromatic carbocycles. The van der Waals surface area contributed by atoms with Crippen LogP contribution in [0.5, 0.6) is 5.75 Å². The second-order valence-corrected chi connectivity index (χ2v) is 10.3. The topological polar surface area (TPSA) is 58.6 Å². The van der Waals surface area contributed by atoms with Crippen molar-refractivity contribution in [2.45, 2.75) is 70.4 Å². The number of nitrogens with one attached hydrogen (secondary N) is 1. The van der Waals surface area contributed by atoms with Crippen molar-refractivity contribution in [1.29, 1.82) is 0 Å². The van der Waals surface area contributed by atoms with Crippen LogP contribution in [0.15, 0.2) is 42.5 Å². The van der Waals surface area contributed by atoms with Crippen molar-refractivity contribution in [2.75, 3.05) is 13.1 Å². The van der Waals surface area contributed by atoms with Crippen LogP contribution < -0.4 is 10.1 Å². The lowest BCUT2D eigenvalue weighted by Gasteiger charge is -2.39. The van der Waals surface area contributed by atoms with E-state index >= 15 is 0 Å². The van der Waals surface area contributed by atoms with E-state index in [2.05, 4.69) is 5.32 Å². The summed E-state index contributed by atoms with van der Waals surface area (Å²) >= 11 is 0. The molecule has 2 unspecified atom stereocenters. The first kappa shape index (κ1) is 23.8. The van der Waals surface area contributed by atoms with Crippen molar-refractivity contribution in [2.24, 2.45) is 11.8 Å². The lowest BCUT2D eigenvalue weighted by Crippen LogP contribution is -2.43. The fraction of sp³-hybridized carbons (Fsp3) is 0.517. The maximum Gasteiger partial charge on any atom is 0.261 e. The molecule has 3 aliphatic rings. The van der Waals surface area contributed by atoms with Crippen molar-refractivity contribution in [3.8, 4) is 5.75 Å². The molecule has 2 aromatic rings. The van der Waals surface area contributed by atoms with Gasteiger partial charge < -0.3 is 15.0 Å². The highest BCUT2D eigenvalue weighted by molar-refractivity contribution is 5.81. The van der Waals surface area contributed by atoms with Gasteiger partial charge in [-0.2, -0.15) is 0 Å². The fourth-order valence-electron chi connectivity index (χ4n) is 5.48. The molecule has 0 radical (unpaired) electrons. The Bertz CT molecular complexity index is 1060. The van der Waals surface area contributed by atoms with Gasteiger partial charge in [-0.25, -0.2) is 4.39 Å². The van der Waals surface area contributed by atoms with E-state index in [1.54, 1.807) is 12.1 Å². The monoisotopic (exact) mass is 478 g/mol. The van der Waals surface area contributed by atoms with Gasteiger partial charge >= 0.3 is 0 Å². The number of hydrogen-bond donors (Lipinski definition) is 1. The minimum atomic E-state index is -0.559. The van der Waals surface area contributed by atoms with Gasteiger partial charge in [0.05, 0.1) is 6.04 Å². The van der Waals surface area contributed by atoms with E-state index in [1.807, 2.05) is 30.0 Å². The van der Waals surface area contributed by atoms with Crippen molar-refractivity contribution < 1.29 is 18.7 Å². The van der Waals surface area contributed by atoms with Crippen molar-refractivity contribution in [1.82, 2.24) is 10.2 Å². The average Bonchev–Trinajstić information content (AvgIpc) is 3.55. The standard InChI is InChI=1S/C29H35FN2O3/c1-2-26(28(33)31-18-19-7-8-19)35-24-14-11-20-15-16-32(29(34)22-5-3-4-6-22)27(25(20)17-24)21-9-12-23(30)13-10-21/h9-14,17,19,22,26-27H,2-8,15-16,18H2,1H3,(H,31,33). The quantitative estimate of drug-likeness (QED) is 0.569. The Balaban J connectivity index is 1.43. The van der Waals surface area contributed by atoms with E-state index in [0.717, 1.165) is 48.8 Å². The highest BCUT2D eigenvalue weighted by atomic mass is 19.1. The number of nitrogens with zero attached hydrogens (tertiary/aromatic N) is 1. The lowest BCUT2D eigenvalue weighted by atomic mass is 9.87. The van der Waals surface area contributed by atoms with Crippen LogP contribution in [-0.2, 0) is 16.0 Å². The third kappa shape index (κ3) is 5.36. The van der Waals surface area contributed by atoms with Gasteiger partial charge in [0.15, 0.2) is 6.10 Å². The molecule has 2 amide bonds. The predicted molar refractivity (Wildman–Crippen MR) is 133 cm³/mol. The fourth-order valence-corrected chi connectivity index (χ4v) is 5.48. The molecule has 35 heavy (non-hydrogen) atoms. The number of carbonyl (C=O) groups is 2. The van der Waals surface area contributed by atoms with Gasteiger partial charge in [0.25, 0.3) is 5.91 Å². The summed E-state index contributed by atoms with van der Waals surface area (Å²) < 4.78 is 19.9. The Morgan fingerprint density at radius 2 is 1.83 bits per heavy atom. The summed E-state index contributed by atoms with van der Waals surface area (Å²) in [6, 6.07) is 12.1. The van der Waals surface area contributed by atoms with Crippen LogP contribution in [0.4, 0.5) is 4.39 Å². The maximum absolute atomic E-state index is 13.8. The summed E-state index contributed by atoms with van der Waals surface area (Å²) in [7, 11) is 0. The molecule has 0 saturated heterocycles. The Hall–Kier alpha value is -2.89. The second kappa shape index (κ2) is 10.4. The Labute approximate surface area is 207 Å². The highest BCUT2D eigenvalue weighted by Gasteiger charge is 2.36. The largest absolute Gasteiger partial charge is 0.481 e. The van der Waals surface area contributed by atoms with E-state index in [4.69, 9.17) is 4.74 Å². The first-order valence-electron chi connectivity index (χ1n) is 13.2. The van der Waals surface area contributed by atoms with Crippen molar-refractivity contribution >= 4 is 11.8 Å². The molecular formula is C29H35FN2O3. The van der Waals surface area contributed by atoms with E-state index in [-0.39, 0.29) is 29.6 Å². The Kier molecular flexibility index (Phi) is 7.07. The van der Waals surface area contributed by atoms with Gasteiger partial charge in [0.1, 0.15) is 11.6 Å². The minimum Gasteiger partial charge on any atom is -0.481 e. The number of fused-ring (bicyclic) bond motifs is 1. The molecule has 0 bridgehead atoms. The van der Waals surface area contributed by atoms with Crippen LogP contribution in [0.2, 0.25) is 0 Å². The van der Waals surface area contributed by atoms with Crippen LogP contribution in [0.3, 0.4) is 0 Å². The zero-order valence-electron chi connectivity index (χ0n) is 20.5. The third-order valence-electron chi connectivity index (χ3n) is 7.72. The summed E-state index contributed by atoms with van der Waals surface area (Å²) in [4.78, 5) is 28.2. The predicted octanol–water partition coefficient (Wildman–Crippen LogP) is 5.17. The van der Waals surface area contributed by atoms with E-state index in [1.165, 1.54) is 25.0 Å². The molecule has 5 nitrogen and oxygen atoms in total. The van der Waals surface area contributed by atoms with Crippen molar-refractivity contribution in [3.63, 3.8) is 0 Å². The molecule has 1 N–H and O–H groups in total. The molecule has 5 rings (SSSR count). The summed E-state index contributed by atoms with van der Waals surface area (Å²) in [6.45, 7) is 3.31. The molecule has 2 saturated carbocycles. The molecule has 2 atom stereocenters. The molecule has 2 fully saturated rings. The van der Waals surface area contributed by atoms with Gasteiger partial charge in [-0.15, -0.1) is 0 Å². The van der Waals surface area contributed by atoms with Gasteiger partial charge in [0, 0.05) is 19.0 Å². The number of ether oxygens (including phenoxy) is 1. The number of carbonyl (C=O) groups excluding carboxylic acids is 2. The molecule has 1 heterocycles. The number of rotatable bonds is 8. The normalized spacial score (nSPS) is 20.9. The van der Waals surface area contributed by atoms with E-state index in [9.17, 15) is 14.0 Å². The zero-order chi connectivity index (χ0) is 24.4. The van der Waals surface area contributed by atoms with Crippen LogP contribution in [0.1, 0.15) is 74.6 Å². The number of hydrogen-bond acceptors (Lipinski definition) is 3. The lowest BCUT2D eigenvalue weighted by molar-refractivity contribution is -0.137. The first-order valence-corrected chi connectivity index (χ1v) is 13.2. The number of halogens is 1. The second-order valence-electron chi connectivity index (χ2n) is 10.3. The summed E-state index contributed by atoms with van der Waals surface area (Å²) in [5.74, 6) is 1.13. The molecular weight excluding hydrogens is 443 g/mol. The van der Waals surface area contributed by atoms with E-state index in [0.29, 0.717) is 31.2 Å². The van der Waals surface area contributed by atoms with Gasteiger partial charge in [0.2, 0.25) is 5.91 Å². The van der Waals surface area contributed by atoms with Gasteiger partial charge in [-0.1, -0.05) is 38.0 Å². The van der Waals surface area contributed by atoms with E-state index < -0.39 is 6.10 Å². The molecule has 6 heteroatoms. The van der Waals surface area contributed by atoms with Crippen LogP contribution >= 0.6 is 0 Å². The number of benzene rings is 2. The van der Waals surface area contributed by atoms with Gasteiger partial charge in [-0.3, -0.25) is 9.59 Å². The first-order chi connectivity index (χ1) is 17.0. The Morgan fingerprint density at radius 3 is 2.51 bits per heavy atom. The van der Waals surface area contributed by atoms with Crippen LogP contribution in [0, 0.1) is 17.7 Å². The Morgan fingerprint density at radius 1 is 1.09 bits per heavy atom. The minimum absolute atomic E-state index is 0.0681. The maximum atomic E-state index is 13.8. The highest BCUT2D eigenvalue weighted by Crippen LogP contribution is 2.40. The molecule has 0 spiro atoms. The third-order valence-corrected chi connectivity index (χ3v) is 7.72. The van der Waals surface area contributed by atoms with Crippen LogP contribution in [0.25, 0.3) is 0 Å². The molecule has 2 aliphatic carbocycles.